The van der Waals surface area contributed by atoms with Crippen LogP contribution in [0, 0.1) is 0 Å². The minimum Gasteiger partial charge on any atom is -0.352 e. The van der Waals surface area contributed by atoms with Crippen LogP contribution in [0.15, 0.2) is 24.4 Å². The topological polar surface area (TPSA) is 78.1 Å². The molecule has 2 N–H and O–H groups in total. The first-order chi connectivity index (χ1) is 10.2. The molecule has 2 amide bonds. The van der Waals surface area contributed by atoms with Crippen molar-refractivity contribution in [2.45, 2.75) is 19.3 Å². The van der Waals surface area contributed by atoms with Crippen LogP contribution in [-0.2, 0) is 4.79 Å². The van der Waals surface area contributed by atoms with Crippen molar-refractivity contribution >= 4 is 22.7 Å². The van der Waals surface area contributed by atoms with Gasteiger partial charge in [0.2, 0.25) is 5.91 Å². The molecule has 2 heterocycles. The van der Waals surface area contributed by atoms with Crippen molar-refractivity contribution in [1.29, 1.82) is 0 Å². The Hall–Kier alpha value is -2.37. The molecule has 6 heteroatoms. The maximum Gasteiger partial charge on any atom is 0.251 e. The molecule has 110 valence electrons. The summed E-state index contributed by atoms with van der Waals surface area (Å²) in [7, 11) is 0. The van der Waals surface area contributed by atoms with Gasteiger partial charge in [0.25, 0.3) is 5.91 Å². The molecular formula is C15H18N4O2. The Balaban J connectivity index is 1.52. The number of aromatic nitrogens is 2. The van der Waals surface area contributed by atoms with E-state index in [2.05, 4.69) is 15.5 Å². The Kier molecular flexibility index (Phi) is 3.85. The van der Waals surface area contributed by atoms with Crippen LogP contribution in [0.5, 0.6) is 0 Å². The Morgan fingerprint density at radius 3 is 2.90 bits per heavy atom. The molecule has 0 radical (unpaired) electrons. The normalized spacial score (nSPS) is 14.6. The number of likely N-dealkylation sites (tertiary alicyclic amines) is 1. The van der Waals surface area contributed by atoms with Crippen LogP contribution < -0.4 is 5.32 Å². The summed E-state index contributed by atoms with van der Waals surface area (Å²) in [5, 5.41) is 10.5. The minimum atomic E-state index is -0.166. The first kappa shape index (κ1) is 13.6. The first-order valence-corrected chi connectivity index (χ1v) is 7.23. The van der Waals surface area contributed by atoms with Gasteiger partial charge in [0.15, 0.2) is 0 Å². The lowest BCUT2D eigenvalue weighted by molar-refractivity contribution is -0.129. The van der Waals surface area contributed by atoms with Crippen LogP contribution in [0.4, 0.5) is 0 Å². The quantitative estimate of drug-likeness (QED) is 0.889. The monoisotopic (exact) mass is 286 g/mol. The molecule has 1 aliphatic rings. The summed E-state index contributed by atoms with van der Waals surface area (Å²) in [5.74, 6) is -0.0439. The Bertz CT molecular complexity index is 658. The van der Waals surface area contributed by atoms with Gasteiger partial charge in [-0.25, -0.2) is 0 Å². The molecule has 1 aromatic carbocycles. The second kappa shape index (κ2) is 5.95. The Morgan fingerprint density at radius 1 is 1.29 bits per heavy atom. The average molecular weight is 286 g/mol. The zero-order valence-electron chi connectivity index (χ0n) is 11.8. The fourth-order valence-electron chi connectivity index (χ4n) is 2.59. The van der Waals surface area contributed by atoms with E-state index < -0.39 is 0 Å². The van der Waals surface area contributed by atoms with Crippen molar-refractivity contribution in [3.05, 3.63) is 30.0 Å². The van der Waals surface area contributed by atoms with Crippen molar-refractivity contribution in [3.63, 3.8) is 0 Å². The summed E-state index contributed by atoms with van der Waals surface area (Å²) < 4.78 is 0. The summed E-state index contributed by atoms with van der Waals surface area (Å²) in [6, 6.07) is 5.37. The van der Waals surface area contributed by atoms with Gasteiger partial charge in [0.1, 0.15) is 0 Å². The summed E-state index contributed by atoms with van der Waals surface area (Å²) in [6.07, 6.45) is 4.24. The van der Waals surface area contributed by atoms with Gasteiger partial charge in [-0.1, -0.05) is 6.07 Å². The van der Waals surface area contributed by atoms with Crippen molar-refractivity contribution in [3.8, 4) is 0 Å². The molecule has 1 fully saturated rings. The van der Waals surface area contributed by atoms with Crippen LogP contribution in [-0.4, -0.2) is 46.5 Å². The molecule has 6 nitrogen and oxygen atoms in total. The van der Waals surface area contributed by atoms with Gasteiger partial charge in [0.05, 0.1) is 11.7 Å². The molecular weight excluding hydrogens is 268 g/mol. The Labute approximate surface area is 122 Å². The average Bonchev–Trinajstić information content (AvgIpc) is 3.17. The van der Waals surface area contributed by atoms with Crippen LogP contribution in [0.1, 0.15) is 29.6 Å². The number of nitrogens with zero attached hydrogens (tertiary/aromatic N) is 2. The van der Waals surface area contributed by atoms with E-state index in [-0.39, 0.29) is 11.8 Å². The standard InChI is InChI=1S/C15H18N4O2/c20-14(19-7-1-2-8-19)5-6-16-15(21)11-3-4-12-10-17-18-13(12)9-11/h3-4,9-10H,1-2,5-8H2,(H,16,21)(H,17,18). The predicted molar refractivity (Wildman–Crippen MR) is 78.9 cm³/mol. The van der Waals surface area contributed by atoms with Gasteiger partial charge in [-0.3, -0.25) is 14.7 Å². The van der Waals surface area contributed by atoms with E-state index in [0.717, 1.165) is 36.8 Å². The van der Waals surface area contributed by atoms with E-state index in [4.69, 9.17) is 0 Å². The van der Waals surface area contributed by atoms with Gasteiger partial charge in [-0.15, -0.1) is 0 Å². The highest BCUT2D eigenvalue weighted by atomic mass is 16.2. The van der Waals surface area contributed by atoms with Crippen molar-refractivity contribution in [2.24, 2.45) is 0 Å². The third-order valence-electron chi connectivity index (χ3n) is 3.79. The highest BCUT2D eigenvalue weighted by molar-refractivity contribution is 5.97. The highest BCUT2D eigenvalue weighted by Gasteiger charge is 2.17. The Morgan fingerprint density at radius 2 is 2.10 bits per heavy atom. The van der Waals surface area contributed by atoms with E-state index in [1.165, 1.54) is 0 Å². The zero-order chi connectivity index (χ0) is 14.7. The molecule has 0 saturated carbocycles. The second-order valence-electron chi connectivity index (χ2n) is 5.27. The maximum absolute atomic E-state index is 12.0. The molecule has 1 saturated heterocycles. The lowest BCUT2D eigenvalue weighted by atomic mass is 10.1. The largest absolute Gasteiger partial charge is 0.352 e. The van der Waals surface area contributed by atoms with Crippen molar-refractivity contribution < 1.29 is 9.59 Å². The van der Waals surface area contributed by atoms with Gasteiger partial charge in [-0.2, -0.15) is 5.10 Å². The molecule has 3 rings (SSSR count). The molecule has 0 atom stereocenters. The molecule has 21 heavy (non-hydrogen) atoms. The van der Waals surface area contributed by atoms with Crippen LogP contribution in [0.2, 0.25) is 0 Å². The first-order valence-electron chi connectivity index (χ1n) is 7.23. The third kappa shape index (κ3) is 3.04. The third-order valence-corrected chi connectivity index (χ3v) is 3.79. The van der Waals surface area contributed by atoms with Crippen molar-refractivity contribution in [2.75, 3.05) is 19.6 Å². The predicted octanol–water partition coefficient (Wildman–Crippen LogP) is 1.31. The van der Waals surface area contributed by atoms with E-state index in [1.54, 1.807) is 18.3 Å². The smallest absolute Gasteiger partial charge is 0.251 e. The van der Waals surface area contributed by atoms with E-state index in [0.29, 0.717) is 18.5 Å². The molecule has 2 aromatic rings. The zero-order valence-corrected chi connectivity index (χ0v) is 11.8. The minimum absolute atomic E-state index is 0.122. The van der Waals surface area contributed by atoms with E-state index in [9.17, 15) is 9.59 Å². The molecule has 1 aliphatic heterocycles. The number of fused-ring (bicyclic) bond motifs is 1. The second-order valence-corrected chi connectivity index (χ2v) is 5.27. The molecule has 1 aromatic heterocycles. The number of nitrogens with one attached hydrogen (secondary N) is 2. The number of hydrogen-bond acceptors (Lipinski definition) is 3. The number of aromatic amines is 1. The van der Waals surface area contributed by atoms with Gasteiger partial charge in [0, 0.05) is 37.0 Å². The number of carbonyl (C=O) groups is 2. The van der Waals surface area contributed by atoms with Gasteiger partial charge >= 0.3 is 0 Å². The summed E-state index contributed by atoms with van der Waals surface area (Å²) in [5.41, 5.74) is 1.40. The lowest BCUT2D eigenvalue weighted by Gasteiger charge is -2.15. The number of rotatable bonds is 4. The van der Waals surface area contributed by atoms with Gasteiger partial charge in [-0.05, 0) is 25.0 Å². The highest BCUT2D eigenvalue weighted by Crippen LogP contribution is 2.12. The molecule has 0 aliphatic carbocycles. The number of carbonyl (C=O) groups excluding carboxylic acids is 2. The number of amides is 2. The lowest BCUT2D eigenvalue weighted by Crippen LogP contribution is -2.32. The summed E-state index contributed by atoms with van der Waals surface area (Å²) in [6.45, 7) is 2.07. The van der Waals surface area contributed by atoms with E-state index >= 15 is 0 Å². The van der Waals surface area contributed by atoms with E-state index in [1.807, 2.05) is 11.0 Å². The summed E-state index contributed by atoms with van der Waals surface area (Å²) >= 11 is 0. The summed E-state index contributed by atoms with van der Waals surface area (Å²) in [4.78, 5) is 25.8. The van der Waals surface area contributed by atoms with Crippen LogP contribution in [0.25, 0.3) is 10.9 Å². The number of hydrogen-bond donors (Lipinski definition) is 2. The molecule has 0 unspecified atom stereocenters. The van der Waals surface area contributed by atoms with Gasteiger partial charge < -0.3 is 10.2 Å². The van der Waals surface area contributed by atoms with Crippen molar-refractivity contribution in [1.82, 2.24) is 20.4 Å². The van der Waals surface area contributed by atoms with Crippen LogP contribution >= 0.6 is 0 Å². The molecule has 0 spiro atoms. The number of H-pyrrole nitrogens is 1. The molecule has 0 bridgehead atoms. The fraction of sp³-hybridized carbons (Fsp3) is 0.400. The van der Waals surface area contributed by atoms with Crippen LogP contribution in [0.3, 0.4) is 0 Å². The maximum atomic E-state index is 12.0. The SMILES string of the molecule is O=C(NCCC(=O)N1CCCC1)c1ccc2cn[nH]c2c1. The number of benzene rings is 1. The fourth-order valence-corrected chi connectivity index (χ4v) is 2.59.